The third-order valence-electron chi connectivity index (χ3n) is 4.72. The molecule has 138 valence electrons. The molecular formula is C20H25N3O2S. The van der Waals surface area contributed by atoms with Gasteiger partial charge in [0.25, 0.3) is 5.91 Å². The number of carbonyl (C=O) groups excluding carboxylic acids is 2. The predicted octanol–water partition coefficient (Wildman–Crippen LogP) is 3.07. The highest BCUT2D eigenvalue weighted by atomic mass is 32.1. The largest absolute Gasteiger partial charge is 0.335 e. The minimum Gasteiger partial charge on any atom is -0.335 e. The van der Waals surface area contributed by atoms with Crippen molar-refractivity contribution in [1.29, 1.82) is 0 Å². The van der Waals surface area contributed by atoms with Crippen LogP contribution in [0.4, 0.5) is 5.69 Å². The summed E-state index contributed by atoms with van der Waals surface area (Å²) >= 11 is 1.54. The molecule has 2 aromatic rings. The molecule has 0 atom stereocenters. The lowest BCUT2D eigenvalue weighted by Crippen LogP contribution is -2.50. The van der Waals surface area contributed by atoms with Crippen LogP contribution >= 0.6 is 11.3 Å². The number of nitrogens with one attached hydrogen (secondary N) is 1. The van der Waals surface area contributed by atoms with Gasteiger partial charge in [-0.2, -0.15) is 0 Å². The van der Waals surface area contributed by atoms with Gasteiger partial charge in [0.1, 0.15) is 0 Å². The van der Waals surface area contributed by atoms with Crippen LogP contribution in [0, 0.1) is 20.8 Å². The summed E-state index contributed by atoms with van der Waals surface area (Å²) in [6, 6.07) is 9.86. The summed E-state index contributed by atoms with van der Waals surface area (Å²) in [7, 11) is 0. The lowest BCUT2D eigenvalue weighted by atomic mass is 10.1. The Morgan fingerprint density at radius 2 is 1.65 bits per heavy atom. The average Bonchev–Trinajstić information content (AvgIpc) is 3.05. The smallest absolute Gasteiger partial charge is 0.264 e. The number of hydrogen-bond donors (Lipinski definition) is 1. The summed E-state index contributed by atoms with van der Waals surface area (Å²) in [6.45, 7) is 9.12. The molecule has 6 heteroatoms. The van der Waals surface area contributed by atoms with Crippen LogP contribution in [0.1, 0.15) is 25.7 Å². The monoisotopic (exact) mass is 371 g/mol. The Morgan fingerprint density at radius 3 is 2.23 bits per heavy atom. The summed E-state index contributed by atoms with van der Waals surface area (Å²) in [5.41, 5.74) is 3.04. The molecule has 2 heterocycles. The van der Waals surface area contributed by atoms with Gasteiger partial charge in [0.2, 0.25) is 5.91 Å². The first-order valence-electron chi connectivity index (χ1n) is 8.88. The van der Waals surface area contributed by atoms with Crippen molar-refractivity contribution < 1.29 is 9.59 Å². The van der Waals surface area contributed by atoms with E-state index in [4.69, 9.17) is 0 Å². The Kier molecular flexibility index (Phi) is 5.74. The van der Waals surface area contributed by atoms with Crippen molar-refractivity contribution in [1.82, 2.24) is 9.80 Å². The molecule has 5 nitrogen and oxygen atoms in total. The lowest BCUT2D eigenvalue weighted by Gasteiger charge is -2.34. The minimum absolute atomic E-state index is 0.00365. The van der Waals surface area contributed by atoms with Crippen molar-refractivity contribution in [2.24, 2.45) is 0 Å². The molecule has 0 unspecified atom stereocenters. The van der Waals surface area contributed by atoms with E-state index in [0.717, 1.165) is 39.7 Å². The summed E-state index contributed by atoms with van der Waals surface area (Å²) in [5, 5.41) is 3.03. The highest BCUT2D eigenvalue weighted by Crippen LogP contribution is 2.20. The van der Waals surface area contributed by atoms with Crippen LogP contribution in [0.3, 0.4) is 0 Å². The standard InChI is InChI=1S/C20H25N3O2S/c1-14-5-4-6-15(2)19(14)21-18(24)13-22-9-11-23(12-10-22)20(25)17-8-7-16(3)26-17/h4-8H,9-13H2,1-3H3,(H,21,24). The van der Waals surface area contributed by atoms with Crippen LogP contribution < -0.4 is 5.32 Å². The van der Waals surface area contributed by atoms with Crippen LogP contribution in [-0.4, -0.2) is 54.3 Å². The quantitative estimate of drug-likeness (QED) is 0.899. The number of rotatable bonds is 4. The number of benzene rings is 1. The molecule has 26 heavy (non-hydrogen) atoms. The van der Waals surface area contributed by atoms with E-state index in [0.29, 0.717) is 19.6 Å². The van der Waals surface area contributed by atoms with Gasteiger partial charge in [-0.15, -0.1) is 11.3 Å². The maximum absolute atomic E-state index is 12.5. The van der Waals surface area contributed by atoms with Crippen LogP contribution in [-0.2, 0) is 4.79 Å². The number of amides is 2. The second kappa shape index (κ2) is 8.01. The highest BCUT2D eigenvalue weighted by molar-refractivity contribution is 7.13. The van der Waals surface area contributed by atoms with Crippen molar-refractivity contribution in [3.05, 3.63) is 51.2 Å². The number of nitrogens with zero attached hydrogens (tertiary/aromatic N) is 2. The molecule has 0 radical (unpaired) electrons. The zero-order valence-corrected chi connectivity index (χ0v) is 16.4. The molecule has 1 saturated heterocycles. The van der Waals surface area contributed by atoms with Crippen LogP contribution in [0.25, 0.3) is 0 Å². The lowest BCUT2D eigenvalue weighted by molar-refractivity contribution is -0.117. The third-order valence-corrected chi connectivity index (χ3v) is 5.71. The number of para-hydroxylation sites is 1. The van der Waals surface area contributed by atoms with Crippen molar-refractivity contribution in [2.75, 3.05) is 38.0 Å². The third kappa shape index (κ3) is 4.31. The summed E-state index contributed by atoms with van der Waals surface area (Å²) in [6.07, 6.45) is 0. The van der Waals surface area contributed by atoms with Crippen molar-refractivity contribution in [3.63, 3.8) is 0 Å². The molecule has 0 bridgehead atoms. The number of piperazine rings is 1. The maximum Gasteiger partial charge on any atom is 0.264 e. The van der Waals surface area contributed by atoms with E-state index in [1.165, 1.54) is 11.3 Å². The van der Waals surface area contributed by atoms with E-state index in [9.17, 15) is 9.59 Å². The maximum atomic E-state index is 12.5. The number of aryl methyl sites for hydroxylation is 3. The summed E-state index contributed by atoms with van der Waals surface area (Å²) in [5.74, 6) is 0.0961. The van der Waals surface area contributed by atoms with Gasteiger partial charge in [-0.3, -0.25) is 14.5 Å². The van der Waals surface area contributed by atoms with Gasteiger partial charge in [-0.25, -0.2) is 0 Å². The first-order valence-corrected chi connectivity index (χ1v) is 9.70. The summed E-state index contributed by atoms with van der Waals surface area (Å²) in [4.78, 5) is 30.8. The van der Waals surface area contributed by atoms with Crippen molar-refractivity contribution in [2.45, 2.75) is 20.8 Å². The fraction of sp³-hybridized carbons (Fsp3) is 0.400. The molecule has 0 spiro atoms. The molecule has 1 fully saturated rings. The Labute approximate surface area is 158 Å². The first-order chi connectivity index (χ1) is 12.4. The molecule has 1 aliphatic rings. The Morgan fingerprint density at radius 1 is 1.00 bits per heavy atom. The Balaban J connectivity index is 1.51. The molecular weight excluding hydrogens is 346 g/mol. The summed E-state index contributed by atoms with van der Waals surface area (Å²) < 4.78 is 0. The molecule has 0 aliphatic carbocycles. The zero-order valence-electron chi connectivity index (χ0n) is 15.5. The number of carbonyl (C=O) groups is 2. The number of anilines is 1. The molecule has 0 saturated carbocycles. The number of hydrogen-bond acceptors (Lipinski definition) is 4. The second-order valence-corrected chi connectivity index (χ2v) is 8.08. The fourth-order valence-electron chi connectivity index (χ4n) is 3.21. The predicted molar refractivity (Wildman–Crippen MR) is 106 cm³/mol. The molecule has 1 N–H and O–H groups in total. The molecule has 1 aliphatic heterocycles. The average molecular weight is 372 g/mol. The van der Waals surface area contributed by atoms with Gasteiger partial charge < -0.3 is 10.2 Å². The van der Waals surface area contributed by atoms with Crippen molar-refractivity contribution in [3.8, 4) is 0 Å². The topological polar surface area (TPSA) is 52.7 Å². The van der Waals surface area contributed by atoms with E-state index in [2.05, 4.69) is 10.2 Å². The molecule has 1 aromatic carbocycles. The Hall–Kier alpha value is -2.18. The highest BCUT2D eigenvalue weighted by Gasteiger charge is 2.24. The first kappa shape index (κ1) is 18.6. The van der Waals surface area contributed by atoms with Crippen molar-refractivity contribution >= 4 is 28.8 Å². The molecule has 2 amide bonds. The molecule has 1 aromatic heterocycles. The van der Waals surface area contributed by atoms with Crippen LogP contribution in [0.15, 0.2) is 30.3 Å². The Bertz CT molecular complexity index is 787. The van der Waals surface area contributed by atoms with Gasteiger partial charge in [0, 0.05) is 36.7 Å². The van der Waals surface area contributed by atoms with E-state index in [1.807, 2.05) is 56.0 Å². The van der Waals surface area contributed by atoms with Gasteiger partial charge in [-0.05, 0) is 44.0 Å². The van der Waals surface area contributed by atoms with Crippen LogP contribution in [0.2, 0.25) is 0 Å². The SMILES string of the molecule is Cc1ccc(C(=O)N2CCN(CC(=O)Nc3c(C)cccc3C)CC2)s1. The van der Waals surface area contributed by atoms with Gasteiger partial charge >= 0.3 is 0 Å². The second-order valence-electron chi connectivity index (χ2n) is 6.79. The van der Waals surface area contributed by atoms with E-state index in [-0.39, 0.29) is 11.8 Å². The zero-order chi connectivity index (χ0) is 18.7. The van der Waals surface area contributed by atoms with Gasteiger partial charge in [-0.1, -0.05) is 18.2 Å². The van der Waals surface area contributed by atoms with E-state index >= 15 is 0 Å². The number of thiophene rings is 1. The van der Waals surface area contributed by atoms with Gasteiger partial charge in [0.15, 0.2) is 0 Å². The van der Waals surface area contributed by atoms with E-state index < -0.39 is 0 Å². The minimum atomic E-state index is -0.00365. The van der Waals surface area contributed by atoms with E-state index in [1.54, 1.807) is 0 Å². The normalized spacial score (nSPS) is 15.1. The fourth-order valence-corrected chi connectivity index (χ4v) is 4.04. The van der Waals surface area contributed by atoms with Gasteiger partial charge in [0.05, 0.1) is 11.4 Å². The molecule has 3 rings (SSSR count). The van der Waals surface area contributed by atoms with Crippen LogP contribution in [0.5, 0.6) is 0 Å².